The maximum atomic E-state index is 13.9. The van der Waals surface area contributed by atoms with Crippen LogP contribution >= 0.6 is 0 Å². The number of imidazole rings is 2. The number of amides is 3. The van der Waals surface area contributed by atoms with Crippen molar-refractivity contribution in [1.82, 2.24) is 35.1 Å². The molecule has 3 N–H and O–H groups in total. The number of ether oxygens (including phenoxy) is 5. The van der Waals surface area contributed by atoms with Crippen molar-refractivity contribution in [2.45, 2.75) is 104 Å². The van der Waals surface area contributed by atoms with Gasteiger partial charge in [-0.15, -0.1) is 0 Å². The summed E-state index contributed by atoms with van der Waals surface area (Å²) < 4.78 is 28.9. The second-order valence-corrected chi connectivity index (χ2v) is 17.2. The van der Waals surface area contributed by atoms with Crippen LogP contribution in [0.2, 0.25) is 0 Å². The number of nitrogens with zero attached hydrogens (tertiary/aromatic N) is 4. The lowest BCUT2D eigenvalue weighted by atomic mass is 9.87. The van der Waals surface area contributed by atoms with E-state index in [1.165, 1.54) is 7.11 Å². The van der Waals surface area contributed by atoms with E-state index in [-0.39, 0.29) is 42.0 Å². The van der Waals surface area contributed by atoms with Gasteiger partial charge in [0.15, 0.2) is 0 Å². The third kappa shape index (κ3) is 7.36. The molecule has 308 valence electrons. The van der Waals surface area contributed by atoms with E-state index in [0.717, 1.165) is 69.1 Å². The number of likely N-dealkylation sites (tertiary alicyclic amines) is 2. The van der Waals surface area contributed by atoms with Gasteiger partial charge in [-0.1, -0.05) is 13.8 Å². The quantitative estimate of drug-likeness (QED) is 0.156. The van der Waals surface area contributed by atoms with Crippen LogP contribution in [0.3, 0.4) is 0 Å². The number of nitrogens with one attached hydrogen (secondary N) is 3. The molecular weight excluding hydrogens is 743 g/mol. The zero-order valence-corrected chi connectivity index (χ0v) is 34.4. The van der Waals surface area contributed by atoms with Crippen LogP contribution in [0.1, 0.15) is 95.7 Å². The highest BCUT2D eigenvalue weighted by atomic mass is 16.6. The van der Waals surface area contributed by atoms with E-state index in [2.05, 4.69) is 27.4 Å². The van der Waals surface area contributed by atoms with E-state index >= 15 is 0 Å². The molecule has 6 heterocycles. The van der Waals surface area contributed by atoms with Crippen LogP contribution in [-0.4, -0.2) is 92.9 Å². The van der Waals surface area contributed by atoms with E-state index in [0.29, 0.717) is 44.4 Å². The van der Waals surface area contributed by atoms with Crippen molar-refractivity contribution in [1.29, 1.82) is 0 Å². The molecule has 4 aliphatic heterocycles. The fraction of sp³-hybridized carbons (Fsp3) is 0.512. The molecule has 58 heavy (non-hydrogen) atoms. The maximum absolute atomic E-state index is 13.9. The smallest absolute Gasteiger partial charge is 0.410 e. The lowest BCUT2D eigenvalue weighted by molar-refractivity contribution is -0.137. The van der Waals surface area contributed by atoms with Crippen LogP contribution in [0.15, 0.2) is 36.7 Å². The third-order valence-electron chi connectivity index (χ3n) is 11.6. The Bertz CT molecular complexity index is 2170. The number of carbonyl (C=O) groups excluding carboxylic acids is 3. The Balaban J connectivity index is 1.04. The van der Waals surface area contributed by atoms with Crippen molar-refractivity contribution < 1.29 is 38.1 Å². The zero-order valence-electron chi connectivity index (χ0n) is 34.4. The van der Waals surface area contributed by atoms with Gasteiger partial charge >= 0.3 is 12.2 Å². The predicted octanol–water partition coefficient (Wildman–Crippen LogP) is 7.30. The van der Waals surface area contributed by atoms with Crippen molar-refractivity contribution in [3.63, 3.8) is 0 Å². The molecule has 0 aliphatic carbocycles. The number of aromatic amines is 2. The summed E-state index contributed by atoms with van der Waals surface area (Å²) in [5.41, 5.74) is 6.87. The SMILES string of the molecule is COC[C@H]1C[C@@H](c2ncc(-c3cc4c5c(c3)OCc3cc(-c6cnc([C@@H]7CC[C@H](C)N7C(=O)C(NC(=O)OC)C(C)C)[nH]6)cc(c3-5)OC4)[nH]2)N(C(=O)OC(C)(C)C)C1. The van der Waals surface area contributed by atoms with Crippen LogP contribution < -0.4 is 14.8 Å². The van der Waals surface area contributed by atoms with E-state index in [9.17, 15) is 14.4 Å². The minimum atomic E-state index is -0.723. The molecule has 2 aromatic carbocycles. The highest BCUT2D eigenvalue weighted by molar-refractivity contribution is 5.89. The Morgan fingerprint density at radius 2 is 1.48 bits per heavy atom. The number of carbonyl (C=O) groups is 3. The largest absolute Gasteiger partial charge is 0.488 e. The molecule has 0 radical (unpaired) electrons. The Morgan fingerprint density at radius 3 is 2.02 bits per heavy atom. The summed E-state index contributed by atoms with van der Waals surface area (Å²) in [6, 6.07) is 7.01. The molecular formula is C43H53N7O8. The lowest BCUT2D eigenvalue weighted by Crippen LogP contribution is -2.52. The Hall–Kier alpha value is -5.57. The molecule has 0 bridgehead atoms. The topological polar surface area (TPSA) is 173 Å². The summed E-state index contributed by atoms with van der Waals surface area (Å²) in [5, 5.41) is 2.73. The average Bonchev–Trinajstić information content (AvgIpc) is 4.01. The highest BCUT2D eigenvalue weighted by Gasteiger charge is 2.42. The van der Waals surface area contributed by atoms with E-state index in [1.54, 1.807) is 24.4 Å². The van der Waals surface area contributed by atoms with Gasteiger partial charge in [-0.2, -0.15) is 0 Å². The molecule has 15 heteroatoms. The van der Waals surface area contributed by atoms with Gasteiger partial charge in [0, 0.05) is 59.0 Å². The van der Waals surface area contributed by atoms with Crippen LogP contribution in [0, 0.1) is 11.8 Å². The third-order valence-corrected chi connectivity index (χ3v) is 11.6. The van der Waals surface area contributed by atoms with Gasteiger partial charge in [0.05, 0.1) is 49.6 Å². The molecule has 0 saturated carbocycles. The predicted molar refractivity (Wildman–Crippen MR) is 214 cm³/mol. The highest BCUT2D eigenvalue weighted by Crippen LogP contribution is 2.51. The number of H-pyrrole nitrogens is 2. The van der Waals surface area contributed by atoms with Crippen LogP contribution in [0.5, 0.6) is 11.5 Å². The van der Waals surface area contributed by atoms with Gasteiger partial charge in [0.1, 0.15) is 48.0 Å². The summed E-state index contributed by atoms with van der Waals surface area (Å²) in [4.78, 5) is 59.4. The standard InChI is InChI=1S/C43H53N7O8/c1-22(2)37(48-41(52)55-8)40(51)50-23(3)9-10-31(50)38-44-16-29(46-38)25-12-27-20-57-34-15-26(13-28-21-56-33(14-25)35(27)36(28)34)30-17-45-39(47-30)32-11-24(19-54-7)18-49(32)42(53)58-43(4,5)6/h12-17,22-24,31-32,37H,9-11,18-21H2,1-8H3,(H,44,46)(H,45,47)(H,48,52)/t23-,24-,31-,32-,37?/m0/s1. The fourth-order valence-electron chi connectivity index (χ4n) is 8.84. The summed E-state index contributed by atoms with van der Waals surface area (Å²) in [6.07, 6.45) is 4.88. The van der Waals surface area contributed by atoms with Crippen molar-refractivity contribution in [3.8, 4) is 45.1 Å². The molecule has 5 atom stereocenters. The second-order valence-electron chi connectivity index (χ2n) is 17.2. The van der Waals surface area contributed by atoms with Crippen LogP contribution in [0.25, 0.3) is 33.6 Å². The normalized spacial score (nSPS) is 21.3. The first-order chi connectivity index (χ1) is 27.7. The molecule has 15 nitrogen and oxygen atoms in total. The summed E-state index contributed by atoms with van der Waals surface area (Å²) in [6.45, 7) is 13.2. The molecule has 2 aromatic heterocycles. The summed E-state index contributed by atoms with van der Waals surface area (Å²) in [5.74, 6) is 2.81. The first kappa shape index (κ1) is 39.3. The number of alkyl carbamates (subject to hydrolysis) is 1. The lowest BCUT2D eigenvalue weighted by Gasteiger charge is -2.33. The molecule has 2 saturated heterocycles. The fourth-order valence-corrected chi connectivity index (χ4v) is 8.84. The van der Waals surface area contributed by atoms with E-state index < -0.39 is 17.7 Å². The van der Waals surface area contributed by atoms with Crippen molar-refractivity contribution in [3.05, 3.63) is 59.4 Å². The van der Waals surface area contributed by atoms with Crippen LogP contribution in [0.4, 0.5) is 9.59 Å². The second kappa shape index (κ2) is 15.3. The number of hydrogen-bond donors (Lipinski definition) is 3. The van der Waals surface area contributed by atoms with E-state index in [4.69, 9.17) is 33.7 Å². The Labute approximate surface area is 338 Å². The molecule has 8 rings (SSSR count). The zero-order chi connectivity index (χ0) is 41.0. The van der Waals surface area contributed by atoms with Gasteiger partial charge < -0.3 is 43.9 Å². The summed E-state index contributed by atoms with van der Waals surface area (Å²) in [7, 11) is 2.97. The molecule has 1 unspecified atom stereocenters. The summed E-state index contributed by atoms with van der Waals surface area (Å²) >= 11 is 0. The Kier molecular flexibility index (Phi) is 10.4. The number of rotatable bonds is 9. The average molecular weight is 796 g/mol. The van der Waals surface area contributed by atoms with Gasteiger partial charge in [-0.3, -0.25) is 9.69 Å². The maximum Gasteiger partial charge on any atom is 0.410 e. The first-order valence-corrected chi connectivity index (χ1v) is 20.1. The molecule has 2 fully saturated rings. The number of hydrogen-bond acceptors (Lipinski definition) is 10. The minimum absolute atomic E-state index is 0.0220. The molecule has 4 aromatic rings. The number of aromatic nitrogens is 4. The van der Waals surface area contributed by atoms with Crippen molar-refractivity contribution >= 4 is 18.1 Å². The van der Waals surface area contributed by atoms with E-state index in [1.807, 2.05) is 58.6 Å². The van der Waals surface area contributed by atoms with Crippen molar-refractivity contribution in [2.24, 2.45) is 11.8 Å². The number of methoxy groups -OCH3 is 2. The van der Waals surface area contributed by atoms with Crippen LogP contribution in [-0.2, 0) is 32.2 Å². The van der Waals surface area contributed by atoms with Gasteiger partial charge in [-0.25, -0.2) is 19.6 Å². The monoisotopic (exact) mass is 795 g/mol. The minimum Gasteiger partial charge on any atom is -0.488 e. The van der Waals surface area contributed by atoms with Gasteiger partial charge in [0.25, 0.3) is 0 Å². The first-order valence-electron chi connectivity index (χ1n) is 20.1. The van der Waals surface area contributed by atoms with Gasteiger partial charge in [0.2, 0.25) is 5.91 Å². The molecule has 0 spiro atoms. The molecule has 4 aliphatic rings. The number of benzene rings is 2. The Morgan fingerprint density at radius 1 is 0.897 bits per heavy atom. The van der Waals surface area contributed by atoms with Crippen molar-refractivity contribution in [2.75, 3.05) is 27.4 Å². The van der Waals surface area contributed by atoms with Gasteiger partial charge in [-0.05, 0) is 77.1 Å². The molecule has 3 amide bonds.